The maximum atomic E-state index is 13.1. The SMILES string of the molecule is COc1cc(C=Nn2c(C(C)C)nc3ccc(Br)cc3c2=O)cc(I)c1OCC(=O)O. The number of carbonyl (C=O) groups is 1. The summed E-state index contributed by atoms with van der Waals surface area (Å²) in [4.78, 5) is 28.5. The minimum atomic E-state index is -1.08. The molecule has 0 bridgehead atoms. The molecule has 0 radical (unpaired) electrons. The minimum absolute atomic E-state index is 0.0284. The number of nitrogens with zero attached hydrogens (tertiary/aromatic N) is 3. The number of carboxylic acids is 1. The first-order valence-electron chi connectivity index (χ1n) is 9.20. The first-order valence-corrected chi connectivity index (χ1v) is 11.1. The van der Waals surface area contributed by atoms with Gasteiger partial charge < -0.3 is 14.6 Å². The summed E-state index contributed by atoms with van der Waals surface area (Å²) in [6, 6.07) is 8.78. The largest absolute Gasteiger partial charge is 0.493 e. The predicted octanol–water partition coefficient (Wildman–Crippen LogP) is 4.24. The number of fused-ring (bicyclic) bond motifs is 1. The van der Waals surface area contributed by atoms with Gasteiger partial charge in [0.2, 0.25) is 0 Å². The third-order valence-corrected chi connectivity index (χ3v) is 5.56. The molecule has 8 nitrogen and oxygen atoms in total. The van der Waals surface area contributed by atoms with Gasteiger partial charge in [-0.3, -0.25) is 4.79 Å². The molecule has 1 heterocycles. The van der Waals surface area contributed by atoms with Gasteiger partial charge in [-0.15, -0.1) is 0 Å². The van der Waals surface area contributed by atoms with Crippen LogP contribution in [0.5, 0.6) is 11.5 Å². The van der Waals surface area contributed by atoms with Crippen molar-refractivity contribution in [2.75, 3.05) is 13.7 Å². The molecule has 0 fully saturated rings. The highest BCUT2D eigenvalue weighted by Gasteiger charge is 2.15. The second-order valence-corrected chi connectivity index (χ2v) is 8.94. The van der Waals surface area contributed by atoms with Crippen molar-refractivity contribution in [3.05, 3.63) is 60.1 Å². The number of carboxylic acid groups (broad SMARTS) is 1. The van der Waals surface area contributed by atoms with Crippen molar-refractivity contribution >= 4 is 61.6 Å². The predicted molar refractivity (Wildman–Crippen MR) is 130 cm³/mol. The van der Waals surface area contributed by atoms with Crippen LogP contribution in [-0.2, 0) is 4.79 Å². The number of aliphatic carboxylic acids is 1. The van der Waals surface area contributed by atoms with Crippen LogP contribution >= 0.6 is 38.5 Å². The number of hydrogen-bond donors (Lipinski definition) is 1. The van der Waals surface area contributed by atoms with Gasteiger partial charge in [-0.2, -0.15) is 9.78 Å². The van der Waals surface area contributed by atoms with Crippen molar-refractivity contribution in [2.45, 2.75) is 19.8 Å². The lowest BCUT2D eigenvalue weighted by atomic mass is 10.2. The Morgan fingerprint density at radius 1 is 1.35 bits per heavy atom. The Labute approximate surface area is 200 Å². The first-order chi connectivity index (χ1) is 14.7. The molecule has 0 unspecified atom stereocenters. The maximum Gasteiger partial charge on any atom is 0.341 e. The summed E-state index contributed by atoms with van der Waals surface area (Å²) >= 11 is 5.42. The monoisotopic (exact) mass is 599 g/mol. The van der Waals surface area contributed by atoms with Crippen LogP contribution in [0, 0.1) is 3.57 Å². The van der Waals surface area contributed by atoms with Crippen molar-refractivity contribution in [1.29, 1.82) is 0 Å². The van der Waals surface area contributed by atoms with Gasteiger partial charge in [0, 0.05) is 10.4 Å². The van der Waals surface area contributed by atoms with Gasteiger partial charge in [0.1, 0.15) is 5.82 Å². The summed E-state index contributed by atoms with van der Waals surface area (Å²) in [6.45, 7) is 3.41. The first kappa shape index (κ1) is 23.2. The van der Waals surface area contributed by atoms with E-state index < -0.39 is 12.6 Å². The summed E-state index contributed by atoms with van der Waals surface area (Å²) in [5.74, 6) is 0.129. The van der Waals surface area contributed by atoms with E-state index in [1.807, 2.05) is 42.5 Å². The Balaban J connectivity index is 2.07. The zero-order valence-electron chi connectivity index (χ0n) is 16.9. The molecule has 10 heteroatoms. The van der Waals surface area contributed by atoms with E-state index in [-0.39, 0.29) is 11.5 Å². The molecule has 0 aliphatic carbocycles. The van der Waals surface area contributed by atoms with E-state index in [1.54, 1.807) is 24.3 Å². The van der Waals surface area contributed by atoms with Crippen LogP contribution in [0.3, 0.4) is 0 Å². The average molecular weight is 600 g/mol. The Morgan fingerprint density at radius 3 is 2.74 bits per heavy atom. The Bertz CT molecular complexity index is 1240. The number of methoxy groups -OCH3 is 1. The molecule has 3 rings (SSSR count). The van der Waals surface area contributed by atoms with E-state index in [0.29, 0.717) is 37.4 Å². The second kappa shape index (κ2) is 9.77. The van der Waals surface area contributed by atoms with E-state index in [0.717, 1.165) is 4.47 Å². The summed E-state index contributed by atoms with van der Waals surface area (Å²) in [5, 5.41) is 13.7. The van der Waals surface area contributed by atoms with Crippen LogP contribution < -0.4 is 15.0 Å². The molecule has 1 aromatic heterocycles. The van der Waals surface area contributed by atoms with Gasteiger partial charge in [-0.05, 0) is 58.5 Å². The average Bonchev–Trinajstić information content (AvgIpc) is 2.71. The number of ether oxygens (including phenoxy) is 2. The standard InChI is InChI=1S/C21H19BrIN3O5/c1-11(2)20-25-16-5-4-13(22)8-14(16)21(29)26(20)24-9-12-6-15(23)19(17(7-12)30-3)31-10-18(27)28/h4-9,11H,10H2,1-3H3,(H,27,28). The molecule has 1 N–H and O–H groups in total. The number of benzene rings is 2. The minimum Gasteiger partial charge on any atom is -0.493 e. The fourth-order valence-electron chi connectivity index (χ4n) is 2.86. The second-order valence-electron chi connectivity index (χ2n) is 6.86. The van der Waals surface area contributed by atoms with E-state index in [9.17, 15) is 9.59 Å². The molecule has 2 aromatic carbocycles. The molecule has 31 heavy (non-hydrogen) atoms. The highest BCUT2D eigenvalue weighted by atomic mass is 127. The molecule has 0 saturated carbocycles. The smallest absolute Gasteiger partial charge is 0.341 e. The van der Waals surface area contributed by atoms with Crippen molar-refractivity contribution < 1.29 is 19.4 Å². The van der Waals surface area contributed by atoms with Crippen LogP contribution in [0.25, 0.3) is 10.9 Å². The molecule has 162 valence electrons. The Morgan fingerprint density at radius 2 is 2.10 bits per heavy atom. The van der Waals surface area contributed by atoms with E-state index >= 15 is 0 Å². The molecule has 0 saturated heterocycles. The van der Waals surface area contributed by atoms with E-state index in [2.05, 4.69) is 26.0 Å². The fourth-order valence-corrected chi connectivity index (χ4v) is 4.01. The summed E-state index contributed by atoms with van der Waals surface area (Å²) in [5.41, 5.74) is 0.994. The Kier molecular flexibility index (Phi) is 7.31. The number of aromatic nitrogens is 2. The van der Waals surface area contributed by atoms with Crippen LogP contribution in [0.1, 0.15) is 31.2 Å². The molecule has 0 aliphatic heterocycles. The summed E-state index contributed by atoms with van der Waals surface area (Å²) < 4.78 is 13.4. The third kappa shape index (κ3) is 5.24. The normalized spacial score (nSPS) is 11.4. The van der Waals surface area contributed by atoms with Crippen LogP contribution in [-0.4, -0.2) is 40.7 Å². The van der Waals surface area contributed by atoms with Gasteiger partial charge in [0.05, 0.1) is 27.8 Å². The lowest BCUT2D eigenvalue weighted by molar-refractivity contribution is -0.139. The van der Waals surface area contributed by atoms with Crippen molar-refractivity contribution in [3.8, 4) is 11.5 Å². The lowest BCUT2D eigenvalue weighted by Crippen LogP contribution is -2.23. The topological polar surface area (TPSA) is 103 Å². The lowest BCUT2D eigenvalue weighted by Gasteiger charge is -2.13. The zero-order chi connectivity index (χ0) is 22.7. The van der Waals surface area contributed by atoms with Crippen LogP contribution in [0.4, 0.5) is 0 Å². The van der Waals surface area contributed by atoms with Gasteiger partial charge in [0.25, 0.3) is 5.56 Å². The molecule has 0 aliphatic rings. The fraction of sp³-hybridized carbons (Fsp3) is 0.238. The molecule has 0 atom stereocenters. The number of halogens is 2. The van der Waals surface area contributed by atoms with Crippen molar-refractivity contribution in [2.24, 2.45) is 5.10 Å². The van der Waals surface area contributed by atoms with Crippen molar-refractivity contribution in [3.63, 3.8) is 0 Å². The Hall–Kier alpha value is -2.47. The maximum absolute atomic E-state index is 13.1. The molecule has 0 spiro atoms. The van der Waals surface area contributed by atoms with Gasteiger partial charge in [0.15, 0.2) is 18.1 Å². The summed E-state index contributed by atoms with van der Waals surface area (Å²) in [7, 11) is 1.46. The quantitative estimate of drug-likeness (QED) is 0.322. The molecule has 0 amide bonds. The zero-order valence-corrected chi connectivity index (χ0v) is 20.7. The number of rotatable bonds is 7. The molecule has 3 aromatic rings. The third-order valence-electron chi connectivity index (χ3n) is 4.26. The summed E-state index contributed by atoms with van der Waals surface area (Å²) in [6.07, 6.45) is 1.53. The highest BCUT2D eigenvalue weighted by molar-refractivity contribution is 14.1. The van der Waals surface area contributed by atoms with Gasteiger partial charge >= 0.3 is 5.97 Å². The van der Waals surface area contributed by atoms with Crippen LogP contribution in [0.15, 0.2) is 44.7 Å². The molecular weight excluding hydrogens is 581 g/mol. The highest BCUT2D eigenvalue weighted by Crippen LogP contribution is 2.33. The molecular formula is C21H19BrIN3O5. The van der Waals surface area contributed by atoms with Gasteiger partial charge in [-0.1, -0.05) is 29.8 Å². The van der Waals surface area contributed by atoms with Gasteiger partial charge in [-0.25, -0.2) is 9.78 Å². The van der Waals surface area contributed by atoms with E-state index in [1.165, 1.54) is 18.0 Å². The van der Waals surface area contributed by atoms with E-state index in [4.69, 9.17) is 14.6 Å². The van der Waals surface area contributed by atoms with Crippen molar-refractivity contribution in [1.82, 2.24) is 9.66 Å². The van der Waals surface area contributed by atoms with Crippen LogP contribution in [0.2, 0.25) is 0 Å². The number of hydrogen-bond acceptors (Lipinski definition) is 6.